The molecule has 0 amide bonds. The molecule has 0 unspecified atom stereocenters. The van der Waals surface area contributed by atoms with Crippen LogP contribution in [0.25, 0.3) is 0 Å². The van der Waals surface area contributed by atoms with Crippen molar-refractivity contribution in [1.29, 1.82) is 0 Å². The summed E-state index contributed by atoms with van der Waals surface area (Å²) in [6.45, 7) is 1.21. The van der Waals surface area contributed by atoms with E-state index < -0.39 is 10.0 Å². The Morgan fingerprint density at radius 3 is 2.50 bits per heavy atom. The Hall–Kier alpha value is -2.59. The second-order valence-electron chi connectivity index (χ2n) is 5.54. The van der Waals surface area contributed by atoms with Gasteiger partial charge in [-0.15, -0.1) is 5.10 Å². The Morgan fingerprint density at radius 1 is 1.08 bits per heavy atom. The van der Waals surface area contributed by atoms with Gasteiger partial charge in [0.2, 0.25) is 10.0 Å². The Morgan fingerprint density at radius 2 is 1.79 bits per heavy atom. The van der Waals surface area contributed by atoms with Crippen molar-refractivity contribution in [2.24, 2.45) is 0 Å². The van der Waals surface area contributed by atoms with Crippen LogP contribution in [0.4, 0.5) is 0 Å². The van der Waals surface area contributed by atoms with E-state index in [0.29, 0.717) is 24.5 Å². The van der Waals surface area contributed by atoms with E-state index in [4.69, 9.17) is 0 Å². The molecule has 3 heterocycles. The minimum Gasteiger partial charge on any atom is -0.246 e. The van der Waals surface area contributed by atoms with Gasteiger partial charge in [-0.25, -0.2) is 13.1 Å². The maximum absolute atomic E-state index is 12.5. The Labute approximate surface area is 138 Å². The molecule has 1 saturated heterocycles. The highest BCUT2D eigenvalue weighted by Gasteiger charge is 2.38. The molecule has 0 radical (unpaired) electrons. The van der Waals surface area contributed by atoms with Gasteiger partial charge in [-0.2, -0.15) is 19.3 Å². The van der Waals surface area contributed by atoms with Crippen molar-refractivity contribution in [3.63, 3.8) is 0 Å². The minimum absolute atomic E-state index is 0.00434. The zero-order valence-electron chi connectivity index (χ0n) is 12.7. The Kier molecular flexibility index (Phi) is 3.62. The van der Waals surface area contributed by atoms with Crippen LogP contribution in [0.5, 0.6) is 0 Å². The van der Waals surface area contributed by atoms with Gasteiger partial charge in [0.15, 0.2) is 0 Å². The highest BCUT2D eigenvalue weighted by atomic mass is 32.2. The summed E-state index contributed by atoms with van der Waals surface area (Å²) in [5.41, 5.74) is 0.732. The highest BCUT2D eigenvalue weighted by molar-refractivity contribution is 7.89. The van der Waals surface area contributed by atoms with Crippen LogP contribution in [0, 0.1) is 0 Å². The SMILES string of the molecule is O=S(=O)(c1ccccc1)N1CC(n2cc(Cn3nccn3)nn2)C1. The van der Waals surface area contributed by atoms with Crippen LogP contribution in [0.3, 0.4) is 0 Å². The normalized spacial score (nSPS) is 16.2. The van der Waals surface area contributed by atoms with Gasteiger partial charge in [0.1, 0.15) is 12.2 Å². The van der Waals surface area contributed by atoms with Crippen LogP contribution in [0.2, 0.25) is 0 Å². The molecule has 1 aliphatic rings. The lowest BCUT2D eigenvalue weighted by molar-refractivity contribution is 0.189. The summed E-state index contributed by atoms with van der Waals surface area (Å²) >= 11 is 0. The van der Waals surface area contributed by atoms with Crippen LogP contribution >= 0.6 is 0 Å². The molecule has 1 aliphatic heterocycles. The van der Waals surface area contributed by atoms with Crippen molar-refractivity contribution >= 4 is 10.0 Å². The summed E-state index contributed by atoms with van der Waals surface area (Å²) in [5.74, 6) is 0. The lowest BCUT2D eigenvalue weighted by Gasteiger charge is -2.37. The van der Waals surface area contributed by atoms with Crippen molar-refractivity contribution in [2.75, 3.05) is 13.1 Å². The fourth-order valence-electron chi connectivity index (χ4n) is 2.56. The quantitative estimate of drug-likeness (QED) is 0.653. The van der Waals surface area contributed by atoms with Gasteiger partial charge in [0.05, 0.1) is 29.5 Å². The van der Waals surface area contributed by atoms with E-state index in [2.05, 4.69) is 20.5 Å². The predicted molar refractivity (Wildman–Crippen MR) is 83.4 cm³/mol. The molecule has 2 aromatic heterocycles. The summed E-state index contributed by atoms with van der Waals surface area (Å²) in [5, 5.41) is 16.2. The lowest BCUT2D eigenvalue weighted by atomic mass is 10.2. The summed E-state index contributed by atoms with van der Waals surface area (Å²) in [7, 11) is -3.43. The molecule has 0 N–H and O–H groups in total. The zero-order chi connectivity index (χ0) is 16.6. The molecule has 124 valence electrons. The van der Waals surface area contributed by atoms with E-state index in [0.717, 1.165) is 5.69 Å². The standard InChI is InChI=1S/C14H15N7O2S/c22-24(23,14-4-2-1-3-5-14)19-10-13(11-19)20-8-12(17-18-20)9-21-15-6-7-16-21/h1-8,13H,9-11H2. The molecule has 0 atom stereocenters. The van der Waals surface area contributed by atoms with Crippen LogP contribution < -0.4 is 0 Å². The van der Waals surface area contributed by atoms with Crippen molar-refractivity contribution < 1.29 is 8.42 Å². The first-order valence-corrected chi connectivity index (χ1v) is 8.87. The minimum atomic E-state index is -3.43. The monoisotopic (exact) mass is 345 g/mol. The molecule has 4 rings (SSSR count). The van der Waals surface area contributed by atoms with Gasteiger partial charge < -0.3 is 0 Å². The fraction of sp³-hybridized carbons (Fsp3) is 0.286. The average Bonchev–Trinajstić information content (AvgIpc) is 3.19. The number of benzene rings is 1. The van der Waals surface area contributed by atoms with Gasteiger partial charge in [-0.1, -0.05) is 23.4 Å². The summed E-state index contributed by atoms with van der Waals surface area (Å²) in [6, 6.07) is 8.44. The first-order chi connectivity index (χ1) is 11.6. The highest BCUT2D eigenvalue weighted by Crippen LogP contribution is 2.27. The summed E-state index contributed by atoms with van der Waals surface area (Å²) in [4.78, 5) is 1.83. The summed E-state index contributed by atoms with van der Waals surface area (Å²) in [6.07, 6.45) is 5.01. The van der Waals surface area contributed by atoms with Crippen molar-refractivity contribution in [3.8, 4) is 0 Å². The molecule has 9 nitrogen and oxygen atoms in total. The van der Waals surface area contributed by atoms with Gasteiger partial charge in [0, 0.05) is 13.1 Å². The van der Waals surface area contributed by atoms with Gasteiger partial charge in [0.25, 0.3) is 0 Å². The molecule has 10 heteroatoms. The van der Waals surface area contributed by atoms with Crippen LogP contribution in [-0.4, -0.2) is 55.8 Å². The van der Waals surface area contributed by atoms with Gasteiger partial charge in [-0.3, -0.25) is 0 Å². The Bertz CT molecular complexity index is 915. The van der Waals surface area contributed by atoms with Crippen molar-refractivity contribution in [2.45, 2.75) is 17.5 Å². The maximum atomic E-state index is 12.5. The topological polar surface area (TPSA) is 98.8 Å². The van der Waals surface area contributed by atoms with Gasteiger partial charge in [-0.05, 0) is 12.1 Å². The number of aromatic nitrogens is 6. The number of hydrogen-bond donors (Lipinski definition) is 0. The molecule has 0 saturated carbocycles. The van der Waals surface area contributed by atoms with E-state index in [1.165, 1.54) is 9.10 Å². The second-order valence-corrected chi connectivity index (χ2v) is 7.48. The average molecular weight is 345 g/mol. The number of sulfonamides is 1. The van der Waals surface area contributed by atoms with Crippen LogP contribution in [-0.2, 0) is 16.6 Å². The lowest BCUT2D eigenvalue weighted by Crippen LogP contribution is -2.50. The van der Waals surface area contributed by atoms with Crippen LogP contribution in [0.15, 0.2) is 53.8 Å². The van der Waals surface area contributed by atoms with E-state index in [9.17, 15) is 8.42 Å². The molecule has 0 aliphatic carbocycles. The third-order valence-corrected chi connectivity index (χ3v) is 5.76. The molecule has 0 spiro atoms. The predicted octanol–water partition coefficient (Wildman–Crippen LogP) is 0.163. The molecule has 0 bridgehead atoms. The summed E-state index contributed by atoms with van der Waals surface area (Å²) < 4.78 is 28.1. The first-order valence-electron chi connectivity index (χ1n) is 7.43. The molecular weight excluding hydrogens is 330 g/mol. The number of nitrogens with zero attached hydrogens (tertiary/aromatic N) is 7. The fourth-order valence-corrected chi connectivity index (χ4v) is 4.09. The van der Waals surface area contributed by atoms with Crippen molar-refractivity contribution in [1.82, 2.24) is 34.3 Å². The number of rotatable bonds is 5. The van der Waals surface area contributed by atoms with Gasteiger partial charge >= 0.3 is 0 Å². The first kappa shape index (κ1) is 15.0. The van der Waals surface area contributed by atoms with E-state index in [1.807, 2.05) is 0 Å². The molecule has 24 heavy (non-hydrogen) atoms. The second kappa shape index (κ2) is 5.80. The van der Waals surface area contributed by atoms with E-state index in [1.54, 1.807) is 53.6 Å². The Balaban J connectivity index is 1.42. The molecule has 1 fully saturated rings. The maximum Gasteiger partial charge on any atom is 0.243 e. The molecule has 1 aromatic carbocycles. The largest absolute Gasteiger partial charge is 0.246 e. The van der Waals surface area contributed by atoms with E-state index in [-0.39, 0.29) is 6.04 Å². The smallest absolute Gasteiger partial charge is 0.243 e. The van der Waals surface area contributed by atoms with Crippen LogP contribution in [0.1, 0.15) is 11.7 Å². The third kappa shape index (κ3) is 2.69. The molecule has 3 aromatic rings. The third-order valence-electron chi connectivity index (χ3n) is 3.91. The number of hydrogen-bond acceptors (Lipinski definition) is 6. The van der Waals surface area contributed by atoms with E-state index >= 15 is 0 Å². The van der Waals surface area contributed by atoms with Crippen molar-refractivity contribution in [3.05, 3.63) is 54.6 Å². The molecular formula is C14H15N7O2S. The zero-order valence-corrected chi connectivity index (χ0v) is 13.5.